The van der Waals surface area contributed by atoms with Crippen molar-refractivity contribution in [3.63, 3.8) is 0 Å². The van der Waals surface area contributed by atoms with Crippen LogP contribution in [-0.4, -0.2) is 24.0 Å². The molecule has 0 amide bonds. The summed E-state index contributed by atoms with van der Waals surface area (Å²) in [5.74, 6) is 0.820. The van der Waals surface area contributed by atoms with Gasteiger partial charge in [-0.05, 0) is 43.4 Å². The molecule has 1 saturated carbocycles. The molecule has 0 radical (unpaired) electrons. The molecule has 1 aliphatic heterocycles. The van der Waals surface area contributed by atoms with Crippen molar-refractivity contribution in [3.05, 3.63) is 35.1 Å². The van der Waals surface area contributed by atoms with Crippen LogP contribution < -0.4 is 5.32 Å². The lowest BCUT2D eigenvalue weighted by Crippen LogP contribution is -2.31. The second-order valence-corrected chi connectivity index (χ2v) is 5.97. The Balaban J connectivity index is 1.69. The number of nitrogens with one attached hydrogen (secondary N) is 1. The van der Waals surface area contributed by atoms with Gasteiger partial charge < -0.3 is 5.32 Å². The molecule has 3 heteroatoms. The summed E-state index contributed by atoms with van der Waals surface area (Å²) in [5, 5.41) is 3.30. The van der Waals surface area contributed by atoms with E-state index >= 15 is 0 Å². The van der Waals surface area contributed by atoms with Crippen LogP contribution in [0.15, 0.2) is 18.2 Å². The van der Waals surface area contributed by atoms with E-state index in [1.165, 1.54) is 31.4 Å². The second-order valence-electron chi connectivity index (χ2n) is 5.97. The van der Waals surface area contributed by atoms with Crippen LogP contribution in [0.25, 0.3) is 0 Å². The van der Waals surface area contributed by atoms with Gasteiger partial charge in [0.15, 0.2) is 0 Å². The molecule has 19 heavy (non-hydrogen) atoms. The van der Waals surface area contributed by atoms with Crippen LogP contribution in [0.3, 0.4) is 0 Å². The number of piperidine rings is 1. The minimum atomic E-state index is -0.0528. The minimum Gasteiger partial charge on any atom is -0.313 e. The molecule has 0 aromatic heterocycles. The highest BCUT2D eigenvalue weighted by Gasteiger charge is 2.37. The second kappa shape index (κ2) is 5.59. The average Bonchev–Trinajstić information content (AvgIpc) is 3.02. The molecule has 2 atom stereocenters. The van der Waals surface area contributed by atoms with E-state index in [1.54, 1.807) is 6.07 Å². The number of hydrogen-bond donors (Lipinski definition) is 1. The summed E-state index contributed by atoms with van der Waals surface area (Å²) in [6.07, 6.45) is 4.02. The molecule has 1 aromatic rings. The topological polar surface area (TPSA) is 15.3 Å². The molecular formula is C16H23FN2. The van der Waals surface area contributed by atoms with Crippen LogP contribution in [-0.2, 0) is 13.1 Å². The van der Waals surface area contributed by atoms with Crippen molar-refractivity contribution >= 4 is 0 Å². The number of fused-ring (bicyclic) bond motifs is 2. The fourth-order valence-corrected chi connectivity index (χ4v) is 3.57. The molecule has 2 nitrogen and oxygen atoms in total. The lowest BCUT2D eigenvalue weighted by atomic mass is 10.1. The van der Waals surface area contributed by atoms with E-state index < -0.39 is 0 Å². The van der Waals surface area contributed by atoms with E-state index in [9.17, 15) is 4.39 Å². The molecule has 2 unspecified atom stereocenters. The lowest BCUT2D eigenvalue weighted by Gasteiger charge is -2.27. The first-order chi connectivity index (χ1) is 9.26. The summed E-state index contributed by atoms with van der Waals surface area (Å²) < 4.78 is 13.9. The fourth-order valence-electron chi connectivity index (χ4n) is 3.57. The van der Waals surface area contributed by atoms with E-state index in [0.29, 0.717) is 6.04 Å². The molecule has 2 fully saturated rings. The first kappa shape index (κ1) is 13.1. The maximum Gasteiger partial charge on any atom is 0.127 e. The van der Waals surface area contributed by atoms with E-state index in [0.717, 1.165) is 31.1 Å². The molecular weight excluding hydrogens is 239 g/mol. The maximum absolute atomic E-state index is 13.9. The molecule has 104 valence electrons. The van der Waals surface area contributed by atoms with Crippen molar-refractivity contribution in [2.45, 2.75) is 45.3 Å². The molecule has 1 aliphatic carbocycles. The molecule has 2 aliphatic rings. The number of rotatable bonds is 5. The van der Waals surface area contributed by atoms with Gasteiger partial charge >= 0.3 is 0 Å². The summed E-state index contributed by atoms with van der Waals surface area (Å²) in [6.45, 7) is 5.82. The molecule has 0 spiro atoms. The fraction of sp³-hybridized carbons (Fsp3) is 0.625. The SMILES string of the molecule is CCNCc1ccc(F)c(CN2CC3CCC2C3)c1. The number of likely N-dealkylation sites (tertiary alicyclic amines) is 1. The zero-order chi connectivity index (χ0) is 13.2. The Labute approximate surface area is 115 Å². The van der Waals surface area contributed by atoms with E-state index in [1.807, 2.05) is 12.1 Å². The largest absolute Gasteiger partial charge is 0.313 e. The van der Waals surface area contributed by atoms with Crippen LogP contribution in [0, 0.1) is 11.7 Å². The summed E-state index contributed by atoms with van der Waals surface area (Å²) in [7, 11) is 0. The van der Waals surface area contributed by atoms with Crippen molar-refractivity contribution < 1.29 is 4.39 Å². The van der Waals surface area contributed by atoms with Gasteiger partial charge in [0.05, 0.1) is 0 Å². The van der Waals surface area contributed by atoms with Crippen molar-refractivity contribution in [2.24, 2.45) is 5.92 Å². The van der Waals surface area contributed by atoms with Gasteiger partial charge in [-0.1, -0.05) is 19.1 Å². The number of hydrogen-bond acceptors (Lipinski definition) is 2. The van der Waals surface area contributed by atoms with Gasteiger partial charge in [-0.25, -0.2) is 4.39 Å². The predicted octanol–water partition coefficient (Wildman–Crippen LogP) is 2.92. The molecule has 1 heterocycles. The van der Waals surface area contributed by atoms with Crippen LogP contribution in [0.4, 0.5) is 4.39 Å². The normalized spacial score (nSPS) is 26.2. The first-order valence-electron chi connectivity index (χ1n) is 7.48. The quantitative estimate of drug-likeness (QED) is 0.877. The van der Waals surface area contributed by atoms with Crippen LogP contribution in [0.1, 0.15) is 37.3 Å². The predicted molar refractivity (Wildman–Crippen MR) is 75.3 cm³/mol. The highest BCUT2D eigenvalue weighted by atomic mass is 19.1. The van der Waals surface area contributed by atoms with Crippen molar-refractivity contribution in [1.29, 1.82) is 0 Å². The van der Waals surface area contributed by atoms with Gasteiger partial charge in [-0.3, -0.25) is 4.90 Å². The third kappa shape index (κ3) is 2.82. The van der Waals surface area contributed by atoms with Gasteiger partial charge in [0.2, 0.25) is 0 Å². The van der Waals surface area contributed by atoms with E-state index in [2.05, 4.69) is 17.1 Å². The number of nitrogens with zero attached hydrogens (tertiary/aromatic N) is 1. The highest BCUT2D eigenvalue weighted by Crippen LogP contribution is 2.38. The Kier molecular flexibility index (Phi) is 3.85. The lowest BCUT2D eigenvalue weighted by molar-refractivity contribution is 0.203. The maximum atomic E-state index is 13.9. The smallest absolute Gasteiger partial charge is 0.127 e. The summed E-state index contributed by atoms with van der Waals surface area (Å²) >= 11 is 0. The van der Waals surface area contributed by atoms with Gasteiger partial charge in [-0.15, -0.1) is 0 Å². The molecule has 2 bridgehead atoms. The summed E-state index contributed by atoms with van der Waals surface area (Å²) in [5.41, 5.74) is 2.05. The standard InChI is InChI=1S/C16H23FN2/c1-2-18-9-12-4-6-16(17)14(7-12)11-19-10-13-3-5-15(19)8-13/h4,6-7,13,15,18H,2-3,5,8-11H2,1H3. The number of benzene rings is 1. The van der Waals surface area contributed by atoms with Crippen molar-refractivity contribution in [2.75, 3.05) is 13.1 Å². The Bertz CT molecular complexity index is 446. The van der Waals surface area contributed by atoms with Crippen LogP contribution in [0.5, 0.6) is 0 Å². The summed E-state index contributed by atoms with van der Waals surface area (Å²) in [4.78, 5) is 2.48. The highest BCUT2D eigenvalue weighted by molar-refractivity contribution is 5.25. The zero-order valence-electron chi connectivity index (χ0n) is 11.7. The van der Waals surface area contributed by atoms with Gasteiger partial charge in [0.25, 0.3) is 0 Å². The molecule has 1 aromatic carbocycles. The Morgan fingerprint density at radius 3 is 2.95 bits per heavy atom. The molecule has 3 rings (SSSR count). The monoisotopic (exact) mass is 262 g/mol. The average molecular weight is 262 g/mol. The number of halogens is 1. The van der Waals surface area contributed by atoms with Gasteiger partial charge in [0.1, 0.15) is 5.82 Å². The molecule has 1 N–H and O–H groups in total. The Morgan fingerprint density at radius 1 is 1.37 bits per heavy atom. The third-order valence-electron chi connectivity index (χ3n) is 4.59. The van der Waals surface area contributed by atoms with Gasteiger partial charge in [-0.2, -0.15) is 0 Å². The van der Waals surface area contributed by atoms with Crippen LogP contribution in [0.2, 0.25) is 0 Å². The Hall–Kier alpha value is -0.930. The zero-order valence-corrected chi connectivity index (χ0v) is 11.7. The first-order valence-corrected chi connectivity index (χ1v) is 7.48. The molecule has 1 saturated heterocycles. The van der Waals surface area contributed by atoms with E-state index in [-0.39, 0.29) is 5.82 Å². The van der Waals surface area contributed by atoms with Crippen LogP contribution >= 0.6 is 0 Å². The van der Waals surface area contributed by atoms with E-state index in [4.69, 9.17) is 0 Å². The van der Waals surface area contributed by atoms with Crippen molar-refractivity contribution in [3.8, 4) is 0 Å². The van der Waals surface area contributed by atoms with Crippen molar-refractivity contribution in [1.82, 2.24) is 10.2 Å². The third-order valence-corrected chi connectivity index (χ3v) is 4.59. The summed E-state index contributed by atoms with van der Waals surface area (Å²) in [6, 6.07) is 6.25. The van der Waals surface area contributed by atoms with Gasteiger partial charge in [0, 0.05) is 31.2 Å². The Morgan fingerprint density at radius 2 is 2.26 bits per heavy atom. The minimum absolute atomic E-state index is 0.0528.